The molecule has 0 saturated carbocycles. The summed E-state index contributed by atoms with van der Waals surface area (Å²) in [5, 5.41) is 2.79. The average molecular weight is 333 g/mol. The second kappa shape index (κ2) is 6.89. The molecule has 0 heterocycles. The van der Waals surface area contributed by atoms with Crippen molar-refractivity contribution in [1.29, 1.82) is 0 Å². The minimum absolute atomic E-state index is 0.0349. The van der Waals surface area contributed by atoms with Gasteiger partial charge in [0.2, 0.25) is 5.91 Å². The summed E-state index contributed by atoms with van der Waals surface area (Å²) < 4.78 is 12.7. The molecule has 0 radical (unpaired) electrons. The molecule has 0 fully saturated rings. The summed E-state index contributed by atoms with van der Waals surface area (Å²) in [4.78, 5) is 12.2. The number of nitrogens with two attached hydrogens (primary N) is 1. The minimum atomic E-state index is -1.37. The van der Waals surface area contributed by atoms with Crippen molar-refractivity contribution in [3.63, 3.8) is 0 Å². The van der Waals surface area contributed by atoms with Gasteiger partial charge >= 0.3 is 0 Å². The molecule has 0 aromatic heterocycles. The number of carbonyl (C=O) groups excluding carboxylic acids is 1. The number of carbonyl (C=O) groups is 1. The van der Waals surface area contributed by atoms with Crippen molar-refractivity contribution in [3.8, 4) is 0 Å². The molecule has 1 aromatic rings. The molecule has 4 nitrogen and oxygen atoms in total. The monoisotopic (exact) mass is 332 g/mol. The van der Waals surface area contributed by atoms with E-state index in [2.05, 4.69) is 21.2 Å². The maximum absolute atomic E-state index is 12.0. The lowest BCUT2D eigenvalue weighted by Crippen LogP contribution is -2.35. The van der Waals surface area contributed by atoms with Crippen molar-refractivity contribution >= 4 is 38.3 Å². The van der Waals surface area contributed by atoms with Crippen LogP contribution >= 0.6 is 15.9 Å². The Morgan fingerprint density at radius 3 is 2.78 bits per heavy atom. The summed E-state index contributed by atoms with van der Waals surface area (Å²) in [6.45, 7) is 3.90. The van der Waals surface area contributed by atoms with Gasteiger partial charge in [-0.2, -0.15) is 0 Å². The number of anilines is 1. The van der Waals surface area contributed by atoms with Gasteiger partial charge in [-0.3, -0.25) is 9.00 Å². The van der Waals surface area contributed by atoms with Crippen molar-refractivity contribution in [2.24, 2.45) is 0 Å². The maximum Gasteiger partial charge on any atom is 0.233 e. The Morgan fingerprint density at radius 2 is 2.22 bits per heavy atom. The first-order chi connectivity index (χ1) is 8.43. The number of hydrogen-bond acceptors (Lipinski definition) is 3. The number of benzene rings is 1. The zero-order valence-corrected chi connectivity index (χ0v) is 12.8. The van der Waals surface area contributed by atoms with Crippen LogP contribution in [0.2, 0.25) is 0 Å². The predicted molar refractivity (Wildman–Crippen MR) is 77.7 cm³/mol. The SMILES string of the molecule is CCC(C)NC(=O)CS(=O)c1ccc(N)cc1Br. The van der Waals surface area contributed by atoms with Gasteiger partial charge in [-0.15, -0.1) is 0 Å². The fraction of sp³-hybridized carbons (Fsp3) is 0.417. The quantitative estimate of drug-likeness (QED) is 0.810. The van der Waals surface area contributed by atoms with E-state index in [0.717, 1.165) is 6.42 Å². The highest BCUT2D eigenvalue weighted by molar-refractivity contribution is 9.10. The zero-order chi connectivity index (χ0) is 13.7. The molecule has 1 amide bonds. The first-order valence-electron chi connectivity index (χ1n) is 5.66. The smallest absolute Gasteiger partial charge is 0.233 e. The third-order valence-electron chi connectivity index (χ3n) is 2.48. The molecule has 2 atom stereocenters. The third kappa shape index (κ3) is 4.42. The Balaban J connectivity index is 2.68. The van der Waals surface area contributed by atoms with Crippen molar-refractivity contribution in [2.75, 3.05) is 11.5 Å². The molecule has 2 unspecified atom stereocenters. The van der Waals surface area contributed by atoms with E-state index in [4.69, 9.17) is 5.73 Å². The van der Waals surface area contributed by atoms with E-state index in [9.17, 15) is 9.00 Å². The summed E-state index contributed by atoms with van der Waals surface area (Å²) in [5.41, 5.74) is 6.19. The highest BCUT2D eigenvalue weighted by Crippen LogP contribution is 2.23. The second-order valence-corrected chi connectivity index (χ2v) is 6.33. The van der Waals surface area contributed by atoms with Crippen LogP contribution in [0, 0.1) is 0 Å². The Morgan fingerprint density at radius 1 is 1.56 bits per heavy atom. The molecule has 1 rings (SSSR count). The van der Waals surface area contributed by atoms with Gasteiger partial charge in [0.15, 0.2) is 0 Å². The highest BCUT2D eigenvalue weighted by Gasteiger charge is 2.14. The van der Waals surface area contributed by atoms with Gasteiger partial charge in [0.05, 0.1) is 15.7 Å². The summed E-state index contributed by atoms with van der Waals surface area (Å²) >= 11 is 3.30. The Hall–Kier alpha value is -0.880. The zero-order valence-electron chi connectivity index (χ0n) is 10.4. The Labute approximate surface area is 118 Å². The molecule has 6 heteroatoms. The normalized spacial score (nSPS) is 13.9. The number of nitrogen functional groups attached to an aromatic ring is 1. The largest absolute Gasteiger partial charge is 0.399 e. The van der Waals surface area contributed by atoms with E-state index >= 15 is 0 Å². The molecule has 100 valence electrons. The van der Waals surface area contributed by atoms with Gasteiger partial charge in [-0.05, 0) is 47.5 Å². The molecule has 3 N–H and O–H groups in total. The van der Waals surface area contributed by atoms with E-state index in [1.54, 1.807) is 18.2 Å². The molecular formula is C12H17BrN2O2S. The second-order valence-electron chi connectivity index (χ2n) is 4.06. The number of halogens is 1. The highest BCUT2D eigenvalue weighted by atomic mass is 79.9. The van der Waals surface area contributed by atoms with Crippen LogP contribution in [-0.2, 0) is 15.6 Å². The van der Waals surface area contributed by atoms with E-state index < -0.39 is 10.8 Å². The van der Waals surface area contributed by atoms with Crippen LogP contribution in [0.4, 0.5) is 5.69 Å². The van der Waals surface area contributed by atoms with Crippen LogP contribution in [0.5, 0.6) is 0 Å². The van der Waals surface area contributed by atoms with Gasteiger partial charge < -0.3 is 11.1 Å². The van der Waals surface area contributed by atoms with Crippen molar-refractivity contribution in [2.45, 2.75) is 31.2 Å². The summed E-state index contributed by atoms with van der Waals surface area (Å²) in [7, 11) is -1.37. The lowest BCUT2D eigenvalue weighted by Gasteiger charge is -2.11. The molecule has 0 aliphatic heterocycles. The Bertz CT molecular complexity index is 465. The first-order valence-corrected chi connectivity index (χ1v) is 7.78. The summed E-state index contributed by atoms with van der Waals surface area (Å²) in [6, 6.07) is 5.13. The number of rotatable bonds is 5. The van der Waals surface area contributed by atoms with Gasteiger partial charge in [0, 0.05) is 16.2 Å². The van der Waals surface area contributed by atoms with Gasteiger partial charge in [-0.25, -0.2) is 0 Å². The molecule has 0 bridgehead atoms. The van der Waals surface area contributed by atoms with E-state index in [1.165, 1.54) is 0 Å². The minimum Gasteiger partial charge on any atom is -0.399 e. The van der Waals surface area contributed by atoms with Crippen LogP contribution < -0.4 is 11.1 Å². The molecule has 0 aliphatic carbocycles. The lowest BCUT2D eigenvalue weighted by molar-refractivity contribution is -0.119. The van der Waals surface area contributed by atoms with Crippen LogP contribution in [0.25, 0.3) is 0 Å². The average Bonchev–Trinajstić information content (AvgIpc) is 2.28. The summed E-state index contributed by atoms with van der Waals surface area (Å²) in [6.07, 6.45) is 0.851. The molecule has 0 spiro atoms. The van der Waals surface area contributed by atoms with E-state index in [1.807, 2.05) is 13.8 Å². The van der Waals surface area contributed by atoms with Crippen molar-refractivity contribution in [1.82, 2.24) is 5.32 Å². The molecule has 0 saturated heterocycles. The standard InChI is InChI=1S/C12H17BrN2O2S/c1-3-8(2)15-12(16)7-18(17)11-5-4-9(14)6-10(11)13/h4-6,8H,3,7,14H2,1-2H3,(H,15,16). The van der Waals surface area contributed by atoms with Crippen LogP contribution in [0.3, 0.4) is 0 Å². The lowest BCUT2D eigenvalue weighted by atomic mass is 10.3. The van der Waals surface area contributed by atoms with E-state index in [-0.39, 0.29) is 17.7 Å². The maximum atomic E-state index is 12.0. The van der Waals surface area contributed by atoms with Crippen LogP contribution in [0.15, 0.2) is 27.6 Å². The van der Waals surface area contributed by atoms with E-state index in [0.29, 0.717) is 15.1 Å². The van der Waals surface area contributed by atoms with Gasteiger partial charge in [0.25, 0.3) is 0 Å². The first kappa shape index (κ1) is 15.2. The predicted octanol–water partition coefficient (Wildman–Crippen LogP) is 2.05. The van der Waals surface area contributed by atoms with Crippen LogP contribution in [-0.4, -0.2) is 21.9 Å². The summed E-state index contributed by atoms with van der Waals surface area (Å²) in [5.74, 6) is -0.237. The third-order valence-corrected chi connectivity index (χ3v) is 4.77. The molecular weight excluding hydrogens is 316 g/mol. The Kier molecular flexibility index (Phi) is 5.81. The topological polar surface area (TPSA) is 72.2 Å². The molecule has 0 aliphatic rings. The van der Waals surface area contributed by atoms with Crippen molar-refractivity contribution in [3.05, 3.63) is 22.7 Å². The number of hydrogen-bond donors (Lipinski definition) is 2. The van der Waals surface area contributed by atoms with Gasteiger partial charge in [0.1, 0.15) is 5.75 Å². The number of amides is 1. The molecule has 1 aromatic carbocycles. The fourth-order valence-corrected chi connectivity index (χ4v) is 3.23. The fourth-order valence-electron chi connectivity index (χ4n) is 1.32. The van der Waals surface area contributed by atoms with Crippen LogP contribution in [0.1, 0.15) is 20.3 Å². The van der Waals surface area contributed by atoms with Crippen molar-refractivity contribution < 1.29 is 9.00 Å². The number of nitrogens with one attached hydrogen (secondary N) is 1. The molecule has 18 heavy (non-hydrogen) atoms. The van der Waals surface area contributed by atoms with Gasteiger partial charge in [-0.1, -0.05) is 6.92 Å².